The van der Waals surface area contributed by atoms with Crippen LogP contribution in [-0.2, 0) is 14.8 Å². The summed E-state index contributed by atoms with van der Waals surface area (Å²) < 4.78 is 46.1. The average Bonchev–Trinajstić information content (AvgIpc) is 2.48. The molecule has 1 amide bonds. The number of ether oxygens (including phenoxy) is 1. The van der Waals surface area contributed by atoms with Gasteiger partial charge in [0.05, 0.1) is 11.4 Å². The Balaban J connectivity index is 1.91. The van der Waals surface area contributed by atoms with E-state index in [4.69, 9.17) is 16.3 Å². The Morgan fingerprint density at radius 3 is 2.71 bits per heavy atom. The summed E-state index contributed by atoms with van der Waals surface area (Å²) in [5, 5.41) is 2.70. The van der Waals surface area contributed by atoms with Gasteiger partial charge in [-0.1, -0.05) is 11.6 Å². The Hall–Kier alpha value is -2.32. The fourth-order valence-corrected chi connectivity index (χ4v) is 3.44. The molecule has 1 aliphatic heterocycles. The summed E-state index contributed by atoms with van der Waals surface area (Å²) in [4.78, 5) is 11.1. The van der Waals surface area contributed by atoms with Crippen LogP contribution in [0, 0.1) is 5.82 Å². The lowest BCUT2D eigenvalue weighted by Crippen LogP contribution is -2.34. The number of carbonyl (C=O) groups is 1. The maximum Gasteiger partial charge on any atom is 0.265 e. The minimum Gasteiger partial charge on any atom is -0.479 e. The van der Waals surface area contributed by atoms with Crippen LogP contribution in [0.4, 0.5) is 15.8 Å². The zero-order chi connectivity index (χ0) is 17.5. The third kappa shape index (κ3) is 3.15. The zero-order valence-corrected chi connectivity index (χ0v) is 13.9. The predicted octanol–water partition coefficient (Wildman–Crippen LogP) is 3.00. The highest BCUT2D eigenvalue weighted by atomic mass is 35.5. The van der Waals surface area contributed by atoms with Gasteiger partial charge >= 0.3 is 0 Å². The molecule has 9 heteroatoms. The summed E-state index contributed by atoms with van der Waals surface area (Å²) in [5.74, 6) is -0.882. The summed E-state index contributed by atoms with van der Waals surface area (Å²) >= 11 is 5.62. The van der Waals surface area contributed by atoms with Crippen molar-refractivity contribution in [2.75, 3.05) is 10.0 Å². The number of amides is 1. The van der Waals surface area contributed by atoms with Crippen LogP contribution in [0.2, 0.25) is 5.02 Å². The molecule has 0 aromatic heterocycles. The Morgan fingerprint density at radius 2 is 2.00 bits per heavy atom. The van der Waals surface area contributed by atoms with E-state index in [-0.39, 0.29) is 16.6 Å². The van der Waals surface area contributed by atoms with Crippen LogP contribution in [0.5, 0.6) is 5.75 Å². The maximum absolute atomic E-state index is 13.8. The normalized spacial score (nSPS) is 16.8. The standard InChI is InChI=1S/C15H12ClFN2O4S/c1-8-15(20)18-12-7-10(3-4-13(12)23-8)19-24(21,22)14-5-2-9(16)6-11(14)17/h2-8,19H,1H3,(H,18,20). The minimum absolute atomic E-state index is 0.0919. The Kier molecular flexibility index (Phi) is 4.10. The molecule has 0 radical (unpaired) electrons. The van der Waals surface area contributed by atoms with Crippen LogP contribution in [0.15, 0.2) is 41.3 Å². The number of sulfonamides is 1. The summed E-state index contributed by atoms with van der Waals surface area (Å²) in [6.07, 6.45) is -0.636. The van der Waals surface area contributed by atoms with Gasteiger partial charge in [-0.2, -0.15) is 0 Å². The fraction of sp³-hybridized carbons (Fsp3) is 0.133. The van der Waals surface area contributed by atoms with Gasteiger partial charge in [-0.05, 0) is 43.3 Å². The van der Waals surface area contributed by atoms with Gasteiger partial charge in [0.15, 0.2) is 6.10 Å². The molecule has 1 unspecified atom stereocenters. The molecule has 2 aromatic carbocycles. The van der Waals surface area contributed by atoms with E-state index in [1.165, 1.54) is 24.3 Å². The fourth-order valence-electron chi connectivity index (χ4n) is 2.18. The number of nitrogens with one attached hydrogen (secondary N) is 2. The van der Waals surface area contributed by atoms with Crippen LogP contribution in [0.1, 0.15) is 6.92 Å². The zero-order valence-electron chi connectivity index (χ0n) is 12.3. The SMILES string of the molecule is CC1Oc2ccc(NS(=O)(=O)c3ccc(Cl)cc3F)cc2NC1=O. The van der Waals surface area contributed by atoms with Crippen molar-refractivity contribution in [1.29, 1.82) is 0 Å². The van der Waals surface area contributed by atoms with E-state index in [0.717, 1.165) is 12.1 Å². The Morgan fingerprint density at radius 1 is 1.25 bits per heavy atom. The minimum atomic E-state index is -4.15. The quantitative estimate of drug-likeness (QED) is 0.869. The summed E-state index contributed by atoms with van der Waals surface area (Å²) in [5.41, 5.74) is 0.483. The molecule has 0 bridgehead atoms. The van der Waals surface area contributed by atoms with Crippen LogP contribution in [0.3, 0.4) is 0 Å². The number of hydrogen-bond donors (Lipinski definition) is 2. The molecule has 0 spiro atoms. The molecule has 24 heavy (non-hydrogen) atoms. The second kappa shape index (κ2) is 5.95. The lowest BCUT2D eigenvalue weighted by atomic mass is 10.2. The maximum atomic E-state index is 13.8. The summed E-state index contributed by atoms with van der Waals surface area (Å²) in [6.45, 7) is 1.60. The highest BCUT2D eigenvalue weighted by Gasteiger charge is 2.25. The number of benzene rings is 2. The lowest BCUT2D eigenvalue weighted by molar-refractivity contribution is -0.122. The first-order valence-corrected chi connectivity index (χ1v) is 8.72. The van der Waals surface area contributed by atoms with E-state index in [1.807, 2.05) is 0 Å². The van der Waals surface area contributed by atoms with Crippen molar-refractivity contribution < 1.29 is 22.3 Å². The van der Waals surface area contributed by atoms with Crippen molar-refractivity contribution in [3.05, 3.63) is 47.2 Å². The molecule has 126 valence electrons. The highest BCUT2D eigenvalue weighted by molar-refractivity contribution is 7.92. The van der Waals surface area contributed by atoms with Gasteiger partial charge < -0.3 is 10.1 Å². The first-order chi connectivity index (χ1) is 11.3. The molecule has 0 saturated carbocycles. The molecule has 0 fully saturated rings. The summed E-state index contributed by atoms with van der Waals surface area (Å²) in [6, 6.07) is 7.63. The molecular weight excluding hydrogens is 359 g/mol. The Bertz CT molecular complexity index is 933. The van der Waals surface area contributed by atoms with Crippen molar-refractivity contribution in [2.24, 2.45) is 0 Å². The second-order valence-corrected chi connectivity index (χ2v) is 7.23. The predicted molar refractivity (Wildman–Crippen MR) is 87.4 cm³/mol. The van der Waals surface area contributed by atoms with Gasteiger partial charge in [0.25, 0.3) is 15.9 Å². The molecular formula is C15H12ClFN2O4S. The number of halogens is 2. The van der Waals surface area contributed by atoms with Gasteiger partial charge in [0.1, 0.15) is 16.5 Å². The van der Waals surface area contributed by atoms with Crippen molar-refractivity contribution in [1.82, 2.24) is 0 Å². The second-order valence-electron chi connectivity index (χ2n) is 5.14. The van der Waals surface area contributed by atoms with Crippen LogP contribution in [-0.4, -0.2) is 20.4 Å². The van der Waals surface area contributed by atoms with Crippen molar-refractivity contribution in [2.45, 2.75) is 17.9 Å². The number of fused-ring (bicyclic) bond motifs is 1. The highest BCUT2D eigenvalue weighted by Crippen LogP contribution is 2.33. The average molecular weight is 371 g/mol. The van der Waals surface area contributed by atoms with E-state index in [0.29, 0.717) is 11.4 Å². The number of rotatable bonds is 3. The topological polar surface area (TPSA) is 84.5 Å². The first kappa shape index (κ1) is 16.5. The van der Waals surface area contributed by atoms with E-state index < -0.39 is 26.8 Å². The Labute approximate surface area is 142 Å². The van der Waals surface area contributed by atoms with E-state index in [1.54, 1.807) is 6.92 Å². The molecule has 0 saturated heterocycles. The molecule has 6 nitrogen and oxygen atoms in total. The van der Waals surface area contributed by atoms with Crippen LogP contribution in [0.25, 0.3) is 0 Å². The van der Waals surface area contributed by atoms with Gasteiger partial charge in [-0.25, -0.2) is 12.8 Å². The van der Waals surface area contributed by atoms with Gasteiger partial charge in [-0.15, -0.1) is 0 Å². The molecule has 0 aliphatic carbocycles. The van der Waals surface area contributed by atoms with Gasteiger partial charge in [0, 0.05) is 5.02 Å². The first-order valence-electron chi connectivity index (χ1n) is 6.86. The molecule has 1 heterocycles. The van der Waals surface area contributed by atoms with E-state index in [2.05, 4.69) is 10.0 Å². The molecule has 1 aliphatic rings. The van der Waals surface area contributed by atoms with E-state index >= 15 is 0 Å². The molecule has 2 aromatic rings. The lowest BCUT2D eigenvalue weighted by Gasteiger charge is -2.23. The third-order valence-electron chi connectivity index (χ3n) is 3.35. The number of carbonyl (C=O) groups excluding carboxylic acids is 1. The van der Waals surface area contributed by atoms with Crippen LogP contribution < -0.4 is 14.8 Å². The number of hydrogen-bond acceptors (Lipinski definition) is 4. The van der Waals surface area contributed by atoms with Crippen molar-refractivity contribution in [3.63, 3.8) is 0 Å². The van der Waals surface area contributed by atoms with Crippen molar-refractivity contribution in [3.8, 4) is 5.75 Å². The van der Waals surface area contributed by atoms with E-state index in [9.17, 15) is 17.6 Å². The van der Waals surface area contributed by atoms with Gasteiger partial charge in [-0.3, -0.25) is 9.52 Å². The molecule has 2 N–H and O–H groups in total. The monoisotopic (exact) mass is 370 g/mol. The van der Waals surface area contributed by atoms with Crippen molar-refractivity contribution >= 4 is 38.9 Å². The largest absolute Gasteiger partial charge is 0.479 e. The van der Waals surface area contributed by atoms with Gasteiger partial charge in [0.2, 0.25) is 0 Å². The molecule has 1 atom stereocenters. The smallest absolute Gasteiger partial charge is 0.265 e. The summed E-state index contributed by atoms with van der Waals surface area (Å²) in [7, 11) is -4.15. The van der Waals surface area contributed by atoms with Crippen LogP contribution >= 0.6 is 11.6 Å². The number of anilines is 2. The third-order valence-corrected chi connectivity index (χ3v) is 5.00. The molecule has 3 rings (SSSR count).